The van der Waals surface area contributed by atoms with E-state index in [9.17, 15) is 0 Å². The Kier molecular flexibility index (Phi) is 2.41. The molecular weight excluding hydrogens is 244 g/mol. The normalized spacial score (nSPS) is 11.1. The summed E-state index contributed by atoms with van der Waals surface area (Å²) in [6.07, 6.45) is 1.87. The van der Waals surface area contributed by atoms with Crippen molar-refractivity contribution >= 4 is 27.5 Å². The molecule has 4 nitrogen and oxygen atoms in total. The van der Waals surface area contributed by atoms with Crippen LogP contribution in [0.25, 0.3) is 5.65 Å². The molecule has 0 spiro atoms. The quantitative estimate of drug-likeness (QED) is 0.895. The van der Waals surface area contributed by atoms with Crippen molar-refractivity contribution in [3.63, 3.8) is 0 Å². The lowest BCUT2D eigenvalue weighted by atomic mass is 10.4. The summed E-state index contributed by atoms with van der Waals surface area (Å²) in [4.78, 5) is 4.32. The Balaban J connectivity index is 2.41. The fourth-order valence-electron chi connectivity index (χ4n) is 1.18. The summed E-state index contributed by atoms with van der Waals surface area (Å²) in [5, 5.41) is 7.42. The zero-order valence-corrected chi connectivity index (χ0v) is 9.62. The first-order chi connectivity index (χ1) is 6.65. The third-order valence-corrected chi connectivity index (χ3v) is 2.21. The van der Waals surface area contributed by atoms with Gasteiger partial charge in [-0.25, -0.2) is 4.52 Å². The van der Waals surface area contributed by atoms with Gasteiger partial charge in [0, 0.05) is 16.7 Å². The van der Waals surface area contributed by atoms with Crippen molar-refractivity contribution in [2.24, 2.45) is 0 Å². The van der Waals surface area contributed by atoms with Crippen molar-refractivity contribution in [3.8, 4) is 0 Å². The molecule has 0 bridgehead atoms. The van der Waals surface area contributed by atoms with Crippen LogP contribution in [0.5, 0.6) is 0 Å². The van der Waals surface area contributed by atoms with E-state index < -0.39 is 0 Å². The Bertz CT molecular complexity index is 449. The van der Waals surface area contributed by atoms with Gasteiger partial charge in [-0.15, -0.1) is 5.10 Å². The molecule has 2 heterocycles. The van der Waals surface area contributed by atoms with Gasteiger partial charge in [0.05, 0.1) is 0 Å². The van der Waals surface area contributed by atoms with E-state index in [1.165, 1.54) is 0 Å². The maximum Gasteiger partial charge on any atom is 0.243 e. The molecule has 0 amide bonds. The minimum atomic E-state index is 0.343. The Morgan fingerprint density at radius 1 is 1.50 bits per heavy atom. The van der Waals surface area contributed by atoms with Gasteiger partial charge in [0.15, 0.2) is 5.65 Å². The Labute approximate surface area is 90.5 Å². The minimum absolute atomic E-state index is 0.343. The molecule has 2 aromatic heterocycles. The summed E-state index contributed by atoms with van der Waals surface area (Å²) in [6.45, 7) is 4.11. The molecule has 0 atom stereocenters. The van der Waals surface area contributed by atoms with E-state index in [0.717, 1.165) is 10.1 Å². The highest BCUT2D eigenvalue weighted by Crippen LogP contribution is 2.13. The lowest BCUT2D eigenvalue weighted by molar-refractivity contribution is 0.865. The van der Waals surface area contributed by atoms with Crippen molar-refractivity contribution < 1.29 is 0 Å². The predicted octanol–water partition coefficient (Wildman–Crippen LogP) is 2.31. The van der Waals surface area contributed by atoms with Crippen LogP contribution in [0.15, 0.2) is 22.8 Å². The van der Waals surface area contributed by atoms with Crippen LogP contribution < -0.4 is 5.32 Å². The summed E-state index contributed by atoms with van der Waals surface area (Å²) in [5.41, 5.74) is 0.836. The molecule has 2 rings (SSSR count). The third-order valence-electron chi connectivity index (χ3n) is 1.72. The van der Waals surface area contributed by atoms with E-state index in [1.807, 2.05) is 18.3 Å². The van der Waals surface area contributed by atoms with Crippen LogP contribution in [0.2, 0.25) is 0 Å². The zero-order chi connectivity index (χ0) is 10.1. The van der Waals surface area contributed by atoms with E-state index in [2.05, 4.69) is 45.2 Å². The minimum Gasteiger partial charge on any atom is -0.351 e. The number of fused-ring (bicyclic) bond motifs is 1. The van der Waals surface area contributed by atoms with Crippen molar-refractivity contribution in [1.29, 1.82) is 0 Å². The lowest BCUT2D eigenvalue weighted by Gasteiger charge is -2.02. The number of rotatable bonds is 2. The number of halogens is 1. The molecule has 0 aliphatic carbocycles. The molecule has 0 saturated heterocycles. The lowest BCUT2D eigenvalue weighted by Crippen LogP contribution is -2.10. The molecule has 0 fully saturated rings. The van der Waals surface area contributed by atoms with Crippen molar-refractivity contribution in [1.82, 2.24) is 14.6 Å². The van der Waals surface area contributed by atoms with Crippen LogP contribution in [0, 0.1) is 0 Å². The Morgan fingerprint density at radius 3 is 3.00 bits per heavy atom. The van der Waals surface area contributed by atoms with Crippen molar-refractivity contribution in [3.05, 3.63) is 22.8 Å². The number of pyridine rings is 1. The molecule has 5 heteroatoms. The number of hydrogen-bond acceptors (Lipinski definition) is 3. The Hall–Kier alpha value is -1.10. The first kappa shape index (κ1) is 9.45. The summed E-state index contributed by atoms with van der Waals surface area (Å²) >= 11 is 3.39. The van der Waals surface area contributed by atoms with Gasteiger partial charge in [-0.2, -0.15) is 4.98 Å². The fourth-order valence-corrected chi connectivity index (χ4v) is 1.50. The number of nitrogens with one attached hydrogen (secondary N) is 1. The molecule has 0 saturated carbocycles. The smallest absolute Gasteiger partial charge is 0.243 e. The van der Waals surface area contributed by atoms with Crippen LogP contribution in [0.4, 0.5) is 5.95 Å². The summed E-state index contributed by atoms with van der Waals surface area (Å²) in [5.74, 6) is 0.665. The molecule has 0 unspecified atom stereocenters. The largest absolute Gasteiger partial charge is 0.351 e. The van der Waals surface area contributed by atoms with E-state index in [-0.39, 0.29) is 0 Å². The van der Waals surface area contributed by atoms with E-state index >= 15 is 0 Å². The number of nitrogens with zero attached hydrogens (tertiary/aromatic N) is 3. The van der Waals surface area contributed by atoms with Gasteiger partial charge in [-0.3, -0.25) is 0 Å². The van der Waals surface area contributed by atoms with E-state index in [4.69, 9.17) is 0 Å². The van der Waals surface area contributed by atoms with Crippen LogP contribution in [-0.2, 0) is 0 Å². The zero-order valence-electron chi connectivity index (χ0n) is 8.03. The Morgan fingerprint density at radius 2 is 2.29 bits per heavy atom. The fraction of sp³-hybridized carbons (Fsp3) is 0.333. The summed E-state index contributed by atoms with van der Waals surface area (Å²) in [7, 11) is 0. The van der Waals surface area contributed by atoms with Gasteiger partial charge in [-0.05, 0) is 26.0 Å². The molecule has 0 aliphatic heterocycles. The van der Waals surface area contributed by atoms with Gasteiger partial charge in [0.2, 0.25) is 5.95 Å². The predicted molar refractivity (Wildman–Crippen MR) is 59.4 cm³/mol. The molecule has 0 aromatic carbocycles. The topological polar surface area (TPSA) is 42.2 Å². The second kappa shape index (κ2) is 3.57. The van der Waals surface area contributed by atoms with Crippen molar-refractivity contribution in [2.75, 3.05) is 5.32 Å². The average molecular weight is 255 g/mol. The van der Waals surface area contributed by atoms with Crippen molar-refractivity contribution in [2.45, 2.75) is 19.9 Å². The first-order valence-electron chi connectivity index (χ1n) is 4.43. The SMILES string of the molecule is CC(C)Nc1nc2cc(Br)ccn2n1. The number of aromatic nitrogens is 3. The third kappa shape index (κ3) is 1.87. The highest BCUT2D eigenvalue weighted by atomic mass is 79.9. The maximum atomic E-state index is 4.32. The van der Waals surface area contributed by atoms with Gasteiger partial charge < -0.3 is 5.32 Å². The molecule has 2 aromatic rings. The average Bonchev–Trinajstić information content (AvgIpc) is 2.44. The van der Waals surface area contributed by atoms with Crippen LogP contribution in [-0.4, -0.2) is 20.6 Å². The van der Waals surface area contributed by atoms with Gasteiger partial charge in [0.1, 0.15) is 0 Å². The maximum absolute atomic E-state index is 4.32. The van der Waals surface area contributed by atoms with Gasteiger partial charge >= 0.3 is 0 Å². The number of anilines is 1. The summed E-state index contributed by atoms with van der Waals surface area (Å²) in [6, 6.07) is 4.20. The highest BCUT2D eigenvalue weighted by molar-refractivity contribution is 9.10. The second-order valence-electron chi connectivity index (χ2n) is 3.38. The van der Waals surface area contributed by atoms with E-state index in [1.54, 1.807) is 4.52 Å². The summed E-state index contributed by atoms with van der Waals surface area (Å²) < 4.78 is 2.75. The van der Waals surface area contributed by atoms with Crippen LogP contribution in [0.3, 0.4) is 0 Å². The van der Waals surface area contributed by atoms with Crippen LogP contribution >= 0.6 is 15.9 Å². The molecule has 14 heavy (non-hydrogen) atoms. The first-order valence-corrected chi connectivity index (χ1v) is 5.23. The molecule has 0 aliphatic rings. The highest BCUT2D eigenvalue weighted by Gasteiger charge is 2.03. The monoisotopic (exact) mass is 254 g/mol. The molecule has 1 N–H and O–H groups in total. The second-order valence-corrected chi connectivity index (χ2v) is 4.30. The number of hydrogen-bond donors (Lipinski definition) is 1. The standard InChI is InChI=1S/C9H11BrN4/c1-6(2)11-9-12-8-5-7(10)3-4-14(8)13-9/h3-6H,1-2H3,(H,11,13). The van der Waals surface area contributed by atoms with Gasteiger partial charge in [0.25, 0.3) is 0 Å². The van der Waals surface area contributed by atoms with Gasteiger partial charge in [-0.1, -0.05) is 15.9 Å². The van der Waals surface area contributed by atoms with E-state index in [0.29, 0.717) is 12.0 Å². The molecule has 74 valence electrons. The molecule has 0 radical (unpaired) electrons. The molecular formula is C9H11BrN4. The van der Waals surface area contributed by atoms with Crippen LogP contribution in [0.1, 0.15) is 13.8 Å².